The monoisotopic (exact) mass is 343 g/mol. The van der Waals surface area contributed by atoms with Crippen LogP contribution in [0.15, 0.2) is 36.7 Å². The maximum absolute atomic E-state index is 5.85. The van der Waals surface area contributed by atoms with Crippen molar-refractivity contribution in [2.75, 3.05) is 20.8 Å². The molecule has 0 aliphatic carbocycles. The molecular weight excluding hydrogens is 314 g/mol. The highest BCUT2D eigenvalue weighted by Crippen LogP contribution is 2.28. The molecule has 1 aliphatic heterocycles. The summed E-state index contributed by atoms with van der Waals surface area (Å²) in [4.78, 5) is 2.45. The van der Waals surface area contributed by atoms with Crippen LogP contribution in [-0.2, 0) is 17.8 Å². The molecule has 2 heterocycles. The molecule has 0 saturated carbocycles. The summed E-state index contributed by atoms with van der Waals surface area (Å²) in [5, 5.41) is 4.30. The number of ether oxygens (including phenoxy) is 2. The van der Waals surface area contributed by atoms with Crippen molar-refractivity contribution in [3.63, 3.8) is 0 Å². The van der Waals surface area contributed by atoms with Crippen LogP contribution in [0.3, 0.4) is 0 Å². The fraction of sp³-hybridized carbons (Fsp3) is 0.550. The fourth-order valence-corrected chi connectivity index (χ4v) is 3.62. The Kier molecular flexibility index (Phi) is 5.45. The lowest BCUT2D eigenvalue weighted by Crippen LogP contribution is -2.44. The molecule has 0 bridgehead atoms. The number of benzene rings is 1. The van der Waals surface area contributed by atoms with E-state index in [-0.39, 0.29) is 5.60 Å². The molecule has 0 radical (unpaired) electrons. The van der Waals surface area contributed by atoms with Gasteiger partial charge in [0.2, 0.25) is 0 Å². The molecule has 1 aliphatic rings. The first-order chi connectivity index (χ1) is 12.0. The number of aromatic nitrogens is 2. The standard InChI is InChI=1S/C20H29N3O2/c1-20(2)13-18(8-11-25-20)22(3)14-16-6-7-19(24-4)17(12-16)15-23-10-5-9-21-23/h5-7,9-10,12,18H,8,11,13-15H2,1-4H3/t18-/m0/s1. The molecule has 1 saturated heterocycles. The van der Waals surface area contributed by atoms with Crippen LogP contribution in [0.25, 0.3) is 0 Å². The van der Waals surface area contributed by atoms with Gasteiger partial charge in [-0.15, -0.1) is 0 Å². The van der Waals surface area contributed by atoms with Gasteiger partial charge in [-0.25, -0.2) is 0 Å². The van der Waals surface area contributed by atoms with Crippen LogP contribution >= 0.6 is 0 Å². The Hall–Kier alpha value is -1.85. The minimum Gasteiger partial charge on any atom is -0.496 e. The number of rotatable bonds is 6. The molecule has 5 nitrogen and oxygen atoms in total. The Balaban J connectivity index is 1.71. The highest BCUT2D eigenvalue weighted by atomic mass is 16.5. The predicted octanol–water partition coefficient (Wildman–Crippen LogP) is 3.33. The molecule has 0 amide bonds. The van der Waals surface area contributed by atoms with E-state index in [4.69, 9.17) is 9.47 Å². The van der Waals surface area contributed by atoms with Crippen molar-refractivity contribution in [1.82, 2.24) is 14.7 Å². The van der Waals surface area contributed by atoms with Crippen molar-refractivity contribution >= 4 is 0 Å². The van der Waals surface area contributed by atoms with E-state index in [1.807, 2.05) is 16.9 Å². The summed E-state index contributed by atoms with van der Waals surface area (Å²) < 4.78 is 13.3. The van der Waals surface area contributed by atoms with Gasteiger partial charge in [0.1, 0.15) is 5.75 Å². The smallest absolute Gasteiger partial charge is 0.123 e. The van der Waals surface area contributed by atoms with Gasteiger partial charge in [-0.2, -0.15) is 5.10 Å². The van der Waals surface area contributed by atoms with E-state index in [1.54, 1.807) is 13.3 Å². The quantitative estimate of drug-likeness (QED) is 0.806. The summed E-state index contributed by atoms with van der Waals surface area (Å²) >= 11 is 0. The van der Waals surface area contributed by atoms with Crippen LogP contribution in [0, 0.1) is 0 Å². The third kappa shape index (κ3) is 4.61. The second-order valence-electron chi connectivity index (χ2n) is 7.52. The Morgan fingerprint density at radius 2 is 2.24 bits per heavy atom. The molecule has 1 atom stereocenters. The van der Waals surface area contributed by atoms with Crippen LogP contribution in [0.1, 0.15) is 37.8 Å². The molecular formula is C20H29N3O2. The highest BCUT2D eigenvalue weighted by molar-refractivity contribution is 5.37. The van der Waals surface area contributed by atoms with Gasteiger partial charge in [-0.05, 0) is 57.5 Å². The lowest BCUT2D eigenvalue weighted by atomic mass is 9.93. The third-order valence-electron chi connectivity index (χ3n) is 4.96. The highest BCUT2D eigenvalue weighted by Gasteiger charge is 2.30. The Labute approximate surface area is 150 Å². The summed E-state index contributed by atoms with van der Waals surface area (Å²) in [5.41, 5.74) is 2.43. The zero-order valence-electron chi connectivity index (χ0n) is 15.7. The second-order valence-corrected chi connectivity index (χ2v) is 7.52. The average molecular weight is 343 g/mol. The lowest BCUT2D eigenvalue weighted by Gasteiger charge is -2.40. The molecule has 136 valence electrons. The van der Waals surface area contributed by atoms with Crippen molar-refractivity contribution < 1.29 is 9.47 Å². The first-order valence-corrected chi connectivity index (χ1v) is 8.94. The molecule has 3 rings (SSSR count). The summed E-state index contributed by atoms with van der Waals surface area (Å²) in [5.74, 6) is 0.911. The van der Waals surface area contributed by atoms with Crippen molar-refractivity contribution in [2.45, 2.75) is 51.4 Å². The van der Waals surface area contributed by atoms with E-state index in [9.17, 15) is 0 Å². The number of hydrogen-bond donors (Lipinski definition) is 0. The molecule has 0 unspecified atom stereocenters. The SMILES string of the molecule is COc1ccc(CN(C)[C@H]2CCOC(C)(C)C2)cc1Cn1cccn1. The van der Waals surface area contributed by atoms with Crippen molar-refractivity contribution in [3.8, 4) is 5.75 Å². The second kappa shape index (κ2) is 7.58. The lowest BCUT2D eigenvalue weighted by molar-refractivity contribution is -0.0809. The summed E-state index contributed by atoms with van der Waals surface area (Å²) in [6, 6.07) is 8.96. The first kappa shape index (κ1) is 18.0. The van der Waals surface area contributed by atoms with Crippen molar-refractivity contribution in [2.24, 2.45) is 0 Å². The van der Waals surface area contributed by atoms with Gasteiger partial charge in [-0.1, -0.05) is 6.07 Å². The van der Waals surface area contributed by atoms with Gasteiger partial charge < -0.3 is 9.47 Å². The average Bonchev–Trinajstić information content (AvgIpc) is 3.07. The van der Waals surface area contributed by atoms with Gasteiger partial charge in [0, 0.05) is 37.2 Å². The van der Waals surface area contributed by atoms with Crippen LogP contribution in [0.4, 0.5) is 0 Å². The molecule has 5 heteroatoms. The van der Waals surface area contributed by atoms with E-state index >= 15 is 0 Å². The van der Waals surface area contributed by atoms with Gasteiger partial charge in [0.15, 0.2) is 0 Å². The van der Waals surface area contributed by atoms with Crippen LogP contribution in [0.5, 0.6) is 5.75 Å². The molecule has 1 aromatic heterocycles. The Bertz CT molecular complexity index is 682. The van der Waals surface area contributed by atoms with Crippen molar-refractivity contribution in [1.29, 1.82) is 0 Å². The fourth-order valence-electron chi connectivity index (χ4n) is 3.62. The van der Waals surface area contributed by atoms with Gasteiger partial charge in [-0.3, -0.25) is 9.58 Å². The maximum atomic E-state index is 5.85. The van der Waals surface area contributed by atoms with Crippen LogP contribution in [0.2, 0.25) is 0 Å². The summed E-state index contributed by atoms with van der Waals surface area (Å²) in [6.07, 6.45) is 5.94. The number of hydrogen-bond acceptors (Lipinski definition) is 4. The Morgan fingerprint density at radius 3 is 2.92 bits per heavy atom. The maximum Gasteiger partial charge on any atom is 0.123 e. The predicted molar refractivity (Wildman–Crippen MR) is 98.8 cm³/mol. The van der Waals surface area contributed by atoms with Crippen LogP contribution < -0.4 is 4.74 Å². The zero-order chi connectivity index (χ0) is 17.9. The summed E-state index contributed by atoms with van der Waals surface area (Å²) in [6.45, 7) is 6.86. The Morgan fingerprint density at radius 1 is 1.40 bits per heavy atom. The van der Waals surface area contributed by atoms with E-state index < -0.39 is 0 Å². The molecule has 1 fully saturated rings. The first-order valence-electron chi connectivity index (χ1n) is 8.94. The van der Waals surface area contributed by atoms with Crippen LogP contribution in [-0.4, -0.2) is 47.1 Å². The third-order valence-corrected chi connectivity index (χ3v) is 4.96. The molecule has 25 heavy (non-hydrogen) atoms. The van der Waals surface area contributed by atoms with E-state index in [0.29, 0.717) is 6.04 Å². The number of nitrogens with zero attached hydrogens (tertiary/aromatic N) is 3. The largest absolute Gasteiger partial charge is 0.496 e. The zero-order valence-corrected chi connectivity index (χ0v) is 15.7. The van der Waals surface area contributed by atoms with E-state index in [1.165, 1.54) is 5.56 Å². The molecule has 0 N–H and O–H groups in total. The van der Waals surface area contributed by atoms with Gasteiger partial charge in [0.05, 0.1) is 19.3 Å². The van der Waals surface area contributed by atoms with E-state index in [2.05, 4.69) is 49.1 Å². The van der Waals surface area contributed by atoms with E-state index in [0.717, 1.165) is 43.9 Å². The topological polar surface area (TPSA) is 39.5 Å². The van der Waals surface area contributed by atoms with Crippen molar-refractivity contribution in [3.05, 3.63) is 47.8 Å². The normalized spacial score (nSPS) is 20.0. The molecule has 1 aromatic carbocycles. The molecule has 2 aromatic rings. The summed E-state index contributed by atoms with van der Waals surface area (Å²) in [7, 11) is 3.93. The number of methoxy groups -OCH3 is 1. The molecule has 0 spiro atoms. The van der Waals surface area contributed by atoms with Gasteiger partial charge >= 0.3 is 0 Å². The van der Waals surface area contributed by atoms with Gasteiger partial charge in [0.25, 0.3) is 0 Å². The minimum absolute atomic E-state index is 0.0255. The minimum atomic E-state index is -0.0255.